The van der Waals surface area contributed by atoms with Crippen molar-refractivity contribution in [2.24, 2.45) is 5.92 Å². The van der Waals surface area contributed by atoms with Crippen LogP contribution in [0.5, 0.6) is 0 Å². The highest BCUT2D eigenvalue weighted by molar-refractivity contribution is 7.90. The Morgan fingerprint density at radius 2 is 2.08 bits per heavy atom. The number of sulfonamides is 1. The van der Waals surface area contributed by atoms with Crippen LogP contribution in [0.1, 0.15) is 36.8 Å². The van der Waals surface area contributed by atoms with Gasteiger partial charge in [-0.3, -0.25) is 4.90 Å². The molecule has 3 fully saturated rings. The first-order valence-corrected chi connectivity index (χ1v) is 10.9. The molecule has 1 atom stereocenters. The van der Waals surface area contributed by atoms with Crippen molar-refractivity contribution in [2.45, 2.75) is 50.0 Å². The molecule has 5 nitrogen and oxygen atoms in total. The van der Waals surface area contributed by atoms with E-state index in [0.29, 0.717) is 12.5 Å². The fraction of sp³-hybridized carbons (Fsp3) is 0.684. The van der Waals surface area contributed by atoms with E-state index in [2.05, 4.69) is 40.8 Å². The Hall–Kier alpha value is -0.950. The molecule has 1 aromatic rings. The Labute approximate surface area is 150 Å². The number of ether oxygens (including phenoxy) is 1. The highest BCUT2D eigenvalue weighted by atomic mass is 32.2. The molecule has 25 heavy (non-hydrogen) atoms. The summed E-state index contributed by atoms with van der Waals surface area (Å²) in [6.07, 6.45) is 3.56. The van der Waals surface area contributed by atoms with Gasteiger partial charge in [0.15, 0.2) is 0 Å². The van der Waals surface area contributed by atoms with Crippen molar-refractivity contribution in [2.75, 3.05) is 26.2 Å². The molecule has 2 aliphatic heterocycles. The highest BCUT2D eigenvalue weighted by Gasteiger charge is 2.52. The Balaban J connectivity index is 1.27. The van der Waals surface area contributed by atoms with Crippen LogP contribution in [0, 0.1) is 12.8 Å². The average Bonchev–Trinajstić information content (AvgIpc) is 3.30. The summed E-state index contributed by atoms with van der Waals surface area (Å²) in [5.74, 6) is 0.461. The number of hydrogen-bond donors (Lipinski definition) is 1. The van der Waals surface area contributed by atoms with Crippen molar-refractivity contribution in [3.63, 3.8) is 0 Å². The molecule has 6 heteroatoms. The van der Waals surface area contributed by atoms with Crippen LogP contribution in [-0.2, 0) is 21.3 Å². The van der Waals surface area contributed by atoms with Gasteiger partial charge < -0.3 is 4.74 Å². The van der Waals surface area contributed by atoms with E-state index < -0.39 is 10.0 Å². The van der Waals surface area contributed by atoms with E-state index in [4.69, 9.17) is 4.74 Å². The van der Waals surface area contributed by atoms with Crippen molar-refractivity contribution in [1.82, 2.24) is 9.62 Å². The minimum atomic E-state index is -3.06. The second-order valence-electron chi connectivity index (χ2n) is 7.96. The molecule has 2 saturated heterocycles. The van der Waals surface area contributed by atoms with E-state index in [1.54, 1.807) is 0 Å². The van der Waals surface area contributed by atoms with Crippen LogP contribution in [0.15, 0.2) is 24.3 Å². The number of aryl methyl sites for hydroxylation is 1. The van der Waals surface area contributed by atoms with E-state index in [1.807, 2.05) is 0 Å². The lowest BCUT2D eigenvalue weighted by atomic mass is 9.79. The van der Waals surface area contributed by atoms with Crippen molar-refractivity contribution in [1.29, 1.82) is 0 Å². The summed E-state index contributed by atoms with van der Waals surface area (Å²) in [4.78, 5) is 2.43. The van der Waals surface area contributed by atoms with Gasteiger partial charge in [-0.05, 0) is 44.1 Å². The third-order valence-electron chi connectivity index (χ3n) is 5.83. The largest absolute Gasteiger partial charge is 0.372 e. The molecule has 1 spiro atoms. The van der Waals surface area contributed by atoms with Gasteiger partial charge in [-0.2, -0.15) is 0 Å². The van der Waals surface area contributed by atoms with Crippen molar-refractivity contribution in [3.05, 3.63) is 35.4 Å². The van der Waals surface area contributed by atoms with E-state index in [1.165, 1.54) is 11.1 Å². The lowest BCUT2D eigenvalue weighted by Crippen LogP contribution is -2.64. The maximum Gasteiger partial charge on any atom is 0.214 e. The molecular formula is C19H28N2O3S. The topological polar surface area (TPSA) is 58.6 Å². The number of likely N-dealkylation sites (tertiary alicyclic amines) is 1. The number of benzene rings is 1. The van der Waals surface area contributed by atoms with Crippen molar-refractivity contribution >= 4 is 10.0 Å². The van der Waals surface area contributed by atoms with Crippen LogP contribution in [-0.4, -0.2) is 50.4 Å². The van der Waals surface area contributed by atoms with Crippen LogP contribution in [0.4, 0.5) is 0 Å². The third kappa shape index (κ3) is 3.77. The van der Waals surface area contributed by atoms with Gasteiger partial charge >= 0.3 is 0 Å². The van der Waals surface area contributed by atoms with Crippen LogP contribution < -0.4 is 4.72 Å². The summed E-state index contributed by atoms with van der Waals surface area (Å²) < 4.78 is 32.8. The Kier molecular flexibility index (Phi) is 4.65. The molecule has 4 rings (SSSR count). The Morgan fingerprint density at radius 1 is 1.28 bits per heavy atom. The van der Waals surface area contributed by atoms with Crippen molar-refractivity contribution < 1.29 is 13.2 Å². The lowest BCUT2D eigenvalue weighted by molar-refractivity contribution is -0.136. The molecule has 0 amide bonds. The maximum absolute atomic E-state index is 11.9. The zero-order valence-corrected chi connectivity index (χ0v) is 15.7. The predicted molar refractivity (Wildman–Crippen MR) is 97.8 cm³/mol. The molecule has 1 aliphatic carbocycles. The molecule has 1 aromatic carbocycles. The van der Waals surface area contributed by atoms with Crippen LogP contribution in [0.3, 0.4) is 0 Å². The van der Waals surface area contributed by atoms with Gasteiger partial charge in [0, 0.05) is 32.8 Å². The monoisotopic (exact) mass is 364 g/mol. The van der Waals surface area contributed by atoms with Gasteiger partial charge in [-0.25, -0.2) is 13.1 Å². The number of hydrogen-bond acceptors (Lipinski definition) is 4. The first-order valence-electron chi connectivity index (χ1n) is 9.37. The number of nitrogens with one attached hydrogen (secondary N) is 1. The Bertz CT molecular complexity index is 724. The average molecular weight is 365 g/mol. The van der Waals surface area contributed by atoms with E-state index in [0.717, 1.165) is 51.9 Å². The molecule has 138 valence electrons. The maximum atomic E-state index is 11.9. The van der Waals surface area contributed by atoms with Gasteiger partial charge in [0.05, 0.1) is 10.9 Å². The fourth-order valence-electron chi connectivity index (χ4n) is 4.31. The smallest absolute Gasteiger partial charge is 0.214 e. The molecular weight excluding hydrogens is 336 g/mol. The van der Waals surface area contributed by atoms with E-state index in [-0.39, 0.29) is 10.9 Å². The van der Waals surface area contributed by atoms with Crippen LogP contribution >= 0.6 is 0 Å². The molecule has 1 unspecified atom stereocenters. The second-order valence-corrected chi connectivity index (χ2v) is 10.0. The van der Waals surface area contributed by atoms with E-state index >= 15 is 0 Å². The van der Waals surface area contributed by atoms with E-state index in [9.17, 15) is 8.42 Å². The predicted octanol–water partition coefficient (Wildman–Crippen LogP) is 2.06. The first-order chi connectivity index (χ1) is 12.0. The fourth-order valence-corrected chi connectivity index (χ4v) is 5.70. The summed E-state index contributed by atoms with van der Waals surface area (Å²) in [5.41, 5.74) is 2.60. The molecule has 2 heterocycles. The molecule has 3 aliphatic rings. The summed E-state index contributed by atoms with van der Waals surface area (Å²) in [7, 11) is -3.06. The quantitative estimate of drug-likeness (QED) is 0.805. The summed E-state index contributed by atoms with van der Waals surface area (Å²) in [5, 5.41) is -0.130. The first kappa shape index (κ1) is 17.5. The van der Waals surface area contributed by atoms with Gasteiger partial charge in [-0.1, -0.05) is 29.8 Å². The zero-order valence-electron chi connectivity index (χ0n) is 14.9. The van der Waals surface area contributed by atoms with Crippen LogP contribution in [0.25, 0.3) is 0 Å². The summed E-state index contributed by atoms with van der Waals surface area (Å²) in [6, 6.07) is 8.66. The second kappa shape index (κ2) is 6.65. The number of rotatable bonds is 7. The van der Waals surface area contributed by atoms with Crippen molar-refractivity contribution in [3.8, 4) is 0 Å². The summed E-state index contributed by atoms with van der Waals surface area (Å²) in [6.45, 7) is 6.36. The molecule has 1 saturated carbocycles. The van der Waals surface area contributed by atoms with Gasteiger partial charge in [0.1, 0.15) is 0 Å². The van der Waals surface area contributed by atoms with Crippen LogP contribution in [0.2, 0.25) is 0 Å². The Morgan fingerprint density at radius 3 is 2.80 bits per heavy atom. The van der Waals surface area contributed by atoms with Gasteiger partial charge in [0.25, 0.3) is 0 Å². The highest BCUT2D eigenvalue weighted by Crippen LogP contribution is 2.42. The normalized spacial score (nSPS) is 26.0. The molecule has 0 radical (unpaired) electrons. The minimum absolute atomic E-state index is 0.0468. The number of nitrogens with zero attached hydrogens (tertiary/aromatic N) is 1. The summed E-state index contributed by atoms with van der Waals surface area (Å²) >= 11 is 0. The lowest BCUT2D eigenvalue weighted by Gasteiger charge is -2.50. The standard InChI is InChI=1S/C19H28N2O3S/c1-15-3-2-4-16(11-15)12-21-13-19(14-21)17(8-10-24-19)7-9-20-25(22,23)18-5-6-18/h2-4,11,17-18,20H,5-10,12-14H2,1H3. The van der Waals surface area contributed by atoms with Gasteiger partial charge in [0.2, 0.25) is 10.0 Å². The zero-order chi connectivity index (χ0) is 17.5. The molecule has 1 N–H and O–H groups in total. The van der Waals surface area contributed by atoms with Gasteiger partial charge in [-0.15, -0.1) is 0 Å². The minimum Gasteiger partial charge on any atom is -0.372 e. The molecule has 0 bridgehead atoms. The SMILES string of the molecule is Cc1cccc(CN2CC3(C2)OCCC3CCNS(=O)(=O)C2CC2)c1. The molecule has 0 aromatic heterocycles. The third-order valence-corrected chi connectivity index (χ3v) is 7.79.